The van der Waals surface area contributed by atoms with E-state index >= 15 is 0 Å². The normalized spacial score (nSPS) is 20.1. The van der Waals surface area contributed by atoms with Crippen LogP contribution in [0.2, 0.25) is 0 Å². The number of likely N-dealkylation sites (tertiary alicyclic amines) is 1. The van der Waals surface area contributed by atoms with Gasteiger partial charge in [0.25, 0.3) is 0 Å². The zero-order valence-corrected chi connectivity index (χ0v) is 13.5. The van der Waals surface area contributed by atoms with Gasteiger partial charge in [0.15, 0.2) is 0 Å². The van der Waals surface area contributed by atoms with Gasteiger partial charge in [-0.3, -0.25) is 0 Å². The summed E-state index contributed by atoms with van der Waals surface area (Å²) in [5.74, 6) is 0.693. The highest BCUT2D eigenvalue weighted by molar-refractivity contribution is 7.11. The summed E-state index contributed by atoms with van der Waals surface area (Å²) in [6, 6.07) is 1.22. The molecular weight excluding hydrogens is 254 g/mol. The summed E-state index contributed by atoms with van der Waals surface area (Å²) in [5, 5.41) is 4.66. The predicted octanol–water partition coefficient (Wildman–Crippen LogP) is 2.88. The van der Waals surface area contributed by atoms with Gasteiger partial charge >= 0.3 is 0 Å². The summed E-state index contributed by atoms with van der Waals surface area (Å²) in [5.41, 5.74) is 0. The van der Waals surface area contributed by atoms with Gasteiger partial charge in [-0.05, 0) is 60.2 Å². The molecule has 0 bridgehead atoms. The van der Waals surface area contributed by atoms with Crippen LogP contribution >= 0.6 is 11.3 Å². The molecule has 19 heavy (non-hydrogen) atoms. The quantitative estimate of drug-likeness (QED) is 0.899. The zero-order chi connectivity index (χ0) is 13.8. The third-order valence-corrected chi connectivity index (χ3v) is 5.36. The minimum absolute atomic E-state index is 0.538. The van der Waals surface area contributed by atoms with Crippen LogP contribution in [0.5, 0.6) is 0 Å². The van der Waals surface area contributed by atoms with Crippen molar-refractivity contribution in [3.05, 3.63) is 16.1 Å². The Morgan fingerprint density at radius 2 is 2.05 bits per heavy atom. The average Bonchev–Trinajstić information content (AvgIpc) is 2.87. The second-order valence-corrected chi connectivity index (χ2v) is 7.11. The van der Waals surface area contributed by atoms with Gasteiger partial charge < -0.3 is 10.2 Å². The van der Waals surface area contributed by atoms with Gasteiger partial charge in [0.2, 0.25) is 0 Å². The second kappa shape index (κ2) is 6.82. The molecule has 1 aromatic rings. The number of hydrogen-bond acceptors (Lipinski definition) is 4. The Hall–Kier alpha value is -0.450. The third kappa shape index (κ3) is 4.01. The number of aromatic nitrogens is 1. The van der Waals surface area contributed by atoms with Crippen molar-refractivity contribution >= 4 is 11.3 Å². The Morgan fingerprint density at radius 3 is 2.63 bits per heavy atom. The van der Waals surface area contributed by atoms with Crippen molar-refractivity contribution in [1.82, 2.24) is 15.2 Å². The molecule has 1 unspecified atom stereocenters. The van der Waals surface area contributed by atoms with Gasteiger partial charge in [0.05, 0.1) is 5.01 Å². The molecule has 1 aliphatic rings. The van der Waals surface area contributed by atoms with Gasteiger partial charge in [-0.1, -0.05) is 0 Å². The van der Waals surface area contributed by atoms with Crippen LogP contribution in [0.1, 0.15) is 49.4 Å². The summed E-state index contributed by atoms with van der Waals surface area (Å²) >= 11 is 1.92. The van der Waals surface area contributed by atoms with Crippen molar-refractivity contribution in [1.29, 1.82) is 0 Å². The van der Waals surface area contributed by atoms with E-state index in [1.807, 2.05) is 18.4 Å². The van der Waals surface area contributed by atoms with Crippen LogP contribution in [0.4, 0.5) is 0 Å². The number of piperidine rings is 1. The first-order chi connectivity index (χ1) is 9.10. The maximum absolute atomic E-state index is 4.67. The minimum atomic E-state index is 0.538. The van der Waals surface area contributed by atoms with Crippen LogP contribution in [0, 0.1) is 0 Å². The molecule has 4 heteroatoms. The SMILES string of the molecule is CNC(C)Cc1cnc(C2CCN(C(C)C)CC2)s1. The van der Waals surface area contributed by atoms with E-state index < -0.39 is 0 Å². The van der Waals surface area contributed by atoms with E-state index in [-0.39, 0.29) is 0 Å². The Bertz CT molecular complexity index is 380. The lowest BCUT2D eigenvalue weighted by Gasteiger charge is -2.33. The topological polar surface area (TPSA) is 28.2 Å². The van der Waals surface area contributed by atoms with Crippen LogP contribution < -0.4 is 5.32 Å². The number of hydrogen-bond donors (Lipinski definition) is 1. The molecule has 0 amide bonds. The Morgan fingerprint density at radius 1 is 1.37 bits per heavy atom. The molecule has 1 fully saturated rings. The van der Waals surface area contributed by atoms with E-state index in [2.05, 4.69) is 42.2 Å². The predicted molar refractivity (Wildman–Crippen MR) is 83.0 cm³/mol. The maximum atomic E-state index is 4.67. The number of likely N-dealkylation sites (N-methyl/N-ethyl adjacent to an activating group) is 1. The van der Waals surface area contributed by atoms with Gasteiger partial charge in [-0.2, -0.15) is 0 Å². The lowest BCUT2D eigenvalue weighted by atomic mass is 9.97. The molecule has 1 aliphatic heterocycles. The van der Waals surface area contributed by atoms with Crippen LogP contribution in [0.25, 0.3) is 0 Å². The molecule has 0 saturated carbocycles. The lowest BCUT2D eigenvalue weighted by molar-refractivity contribution is 0.172. The van der Waals surface area contributed by atoms with Crippen LogP contribution in [-0.2, 0) is 6.42 Å². The molecule has 0 spiro atoms. The fourth-order valence-corrected chi connectivity index (χ4v) is 3.89. The number of nitrogens with zero attached hydrogens (tertiary/aromatic N) is 2. The summed E-state index contributed by atoms with van der Waals surface area (Å²) in [4.78, 5) is 8.67. The van der Waals surface area contributed by atoms with E-state index in [0.717, 1.165) is 6.42 Å². The standard InChI is InChI=1S/C15H27N3S/c1-11(2)18-7-5-13(6-8-18)15-17-10-14(19-15)9-12(3)16-4/h10-13,16H,5-9H2,1-4H3. The van der Waals surface area contributed by atoms with E-state index in [0.29, 0.717) is 18.0 Å². The molecule has 1 atom stereocenters. The highest BCUT2D eigenvalue weighted by Gasteiger charge is 2.24. The summed E-state index contributed by atoms with van der Waals surface area (Å²) in [6.07, 6.45) is 5.72. The fraction of sp³-hybridized carbons (Fsp3) is 0.800. The molecule has 2 rings (SSSR count). The summed E-state index contributed by atoms with van der Waals surface area (Å²) in [6.45, 7) is 9.26. The number of thiazole rings is 1. The van der Waals surface area contributed by atoms with Gasteiger partial charge in [0, 0.05) is 29.1 Å². The molecule has 0 aromatic carbocycles. The van der Waals surface area contributed by atoms with Crippen molar-refractivity contribution in [2.24, 2.45) is 0 Å². The molecule has 1 saturated heterocycles. The lowest BCUT2D eigenvalue weighted by Crippen LogP contribution is -2.37. The fourth-order valence-electron chi connectivity index (χ4n) is 2.67. The molecule has 0 radical (unpaired) electrons. The summed E-state index contributed by atoms with van der Waals surface area (Å²) < 4.78 is 0. The molecule has 108 valence electrons. The van der Waals surface area contributed by atoms with Crippen molar-refractivity contribution in [2.45, 2.75) is 58.0 Å². The highest BCUT2D eigenvalue weighted by atomic mass is 32.1. The van der Waals surface area contributed by atoms with Gasteiger partial charge in [-0.15, -0.1) is 11.3 Å². The van der Waals surface area contributed by atoms with Crippen LogP contribution in [0.15, 0.2) is 6.20 Å². The molecule has 1 aromatic heterocycles. The van der Waals surface area contributed by atoms with Gasteiger partial charge in [0.1, 0.15) is 0 Å². The van der Waals surface area contributed by atoms with Crippen molar-refractivity contribution < 1.29 is 0 Å². The molecule has 0 aliphatic carbocycles. The monoisotopic (exact) mass is 281 g/mol. The smallest absolute Gasteiger partial charge is 0.0959 e. The first kappa shape index (κ1) is 14.9. The molecule has 1 N–H and O–H groups in total. The zero-order valence-electron chi connectivity index (χ0n) is 12.6. The first-order valence-electron chi connectivity index (χ1n) is 7.46. The third-order valence-electron chi connectivity index (χ3n) is 4.18. The highest BCUT2D eigenvalue weighted by Crippen LogP contribution is 2.31. The van der Waals surface area contributed by atoms with Crippen LogP contribution in [-0.4, -0.2) is 42.1 Å². The Labute approximate surface area is 121 Å². The Kier molecular flexibility index (Phi) is 5.37. The van der Waals surface area contributed by atoms with E-state index in [4.69, 9.17) is 0 Å². The van der Waals surface area contributed by atoms with Crippen molar-refractivity contribution in [2.75, 3.05) is 20.1 Å². The van der Waals surface area contributed by atoms with Crippen LogP contribution in [0.3, 0.4) is 0 Å². The number of rotatable bonds is 5. The van der Waals surface area contributed by atoms with Gasteiger partial charge in [-0.25, -0.2) is 4.98 Å². The molecule has 2 heterocycles. The Balaban J connectivity index is 1.89. The van der Waals surface area contributed by atoms with E-state index in [1.54, 1.807) is 0 Å². The number of nitrogens with one attached hydrogen (secondary N) is 1. The maximum Gasteiger partial charge on any atom is 0.0959 e. The minimum Gasteiger partial charge on any atom is -0.317 e. The first-order valence-corrected chi connectivity index (χ1v) is 8.27. The molecular formula is C15H27N3S. The van der Waals surface area contributed by atoms with E-state index in [1.165, 1.54) is 35.8 Å². The average molecular weight is 281 g/mol. The van der Waals surface area contributed by atoms with Crippen molar-refractivity contribution in [3.8, 4) is 0 Å². The van der Waals surface area contributed by atoms with E-state index in [9.17, 15) is 0 Å². The largest absolute Gasteiger partial charge is 0.317 e. The second-order valence-electron chi connectivity index (χ2n) is 5.96. The van der Waals surface area contributed by atoms with Crippen molar-refractivity contribution in [3.63, 3.8) is 0 Å². The summed E-state index contributed by atoms with van der Waals surface area (Å²) in [7, 11) is 2.02. The molecule has 3 nitrogen and oxygen atoms in total.